The molecule has 18 heavy (non-hydrogen) atoms. The van der Waals surface area contributed by atoms with Gasteiger partial charge in [0.05, 0.1) is 27.8 Å². The van der Waals surface area contributed by atoms with Crippen LogP contribution in [0.3, 0.4) is 0 Å². The van der Waals surface area contributed by atoms with Crippen molar-refractivity contribution < 1.29 is 4.79 Å². The number of rotatable bonds is 3. The number of carbonyl (C=O) groups is 1. The van der Waals surface area contributed by atoms with Crippen LogP contribution >= 0.6 is 23.2 Å². The van der Waals surface area contributed by atoms with Crippen LogP contribution in [0.1, 0.15) is 16.1 Å². The molecule has 0 saturated heterocycles. The van der Waals surface area contributed by atoms with E-state index in [1.807, 2.05) is 0 Å². The van der Waals surface area contributed by atoms with E-state index in [-0.39, 0.29) is 27.9 Å². The van der Waals surface area contributed by atoms with Crippen LogP contribution in [0, 0.1) is 0 Å². The van der Waals surface area contributed by atoms with Gasteiger partial charge in [0, 0.05) is 18.8 Å². The largest absolute Gasteiger partial charge is 0.396 e. The second kappa shape index (κ2) is 4.96. The Hall–Kier alpha value is -1.59. The maximum atomic E-state index is 12.0. The van der Waals surface area contributed by atoms with Gasteiger partial charge < -0.3 is 5.73 Å². The van der Waals surface area contributed by atoms with Crippen molar-refractivity contribution in [3.63, 3.8) is 0 Å². The number of aromatic nitrogens is 3. The summed E-state index contributed by atoms with van der Waals surface area (Å²) in [5, 5.41) is 8.14. The molecule has 0 unspecified atom stereocenters. The summed E-state index contributed by atoms with van der Waals surface area (Å²) >= 11 is 11.8. The third-order valence-electron chi connectivity index (χ3n) is 2.39. The van der Waals surface area contributed by atoms with Crippen LogP contribution in [0.2, 0.25) is 10.0 Å². The van der Waals surface area contributed by atoms with Crippen LogP contribution in [0.15, 0.2) is 18.3 Å². The quantitative estimate of drug-likeness (QED) is 0.692. The molecular formula is C11H10Cl2N4O. The number of ketones is 1. The Morgan fingerprint density at radius 2 is 2.00 bits per heavy atom. The average Bonchev–Trinajstić information content (AvgIpc) is 2.71. The summed E-state index contributed by atoms with van der Waals surface area (Å²) in [6.07, 6.45) is 1.82. The van der Waals surface area contributed by atoms with Gasteiger partial charge in [0.1, 0.15) is 0 Å². The summed E-state index contributed by atoms with van der Waals surface area (Å²) in [5.74, 6) is -0.140. The molecule has 5 nitrogen and oxygen atoms in total. The van der Waals surface area contributed by atoms with Gasteiger partial charge in [-0.2, -0.15) is 0 Å². The zero-order valence-corrected chi connectivity index (χ0v) is 11.0. The van der Waals surface area contributed by atoms with Crippen LogP contribution < -0.4 is 5.73 Å². The van der Waals surface area contributed by atoms with E-state index in [0.29, 0.717) is 11.3 Å². The fourth-order valence-electron chi connectivity index (χ4n) is 1.49. The van der Waals surface area contributed by atoms with E-state index in [9.17, 15) is 4.79 Å². The smallest absolute Gasteiger partial charge is 0.169 e. The molecule has 0 spiro atoms. The Morgan fingerprint density at radius 3 is 2.50 bits per heavy atom. The second-order valence-electron chi connectivity index (χ2n) is 3.84. The monoisotopic (exact) mass is 284 g/mol. The van der Waals surface area contributed by atoms with Crippen molar-refractivity contribution in [1.29, 1.82) is 0 Å². The molecule has 0 aliphatic carbocycles. The highest BCUT2D eigenvalue weighted by Crippen LogP contribution is 2.29. The van der Waals surface area contributed by atoms with Gasteiger partial charge in [-0.25, -0.2) is 0 Å². The first-order valence-corrected chi connectivity index (χ1v) is 5.86. The molecule has 2 N–H and O–H groups in total. The number of benzene rings is 1. The van der Waals surface area contributed by atoms with E-state index in [1.165, 1.54) is 16.8 Å². The summed E-state index contributed by atoms with van der Waals surface area (Å²) in [7, 11) is 1.73. The maximum Gasteiger partial charge on any atom is 0.169 e. The van der Waals surface area contributed by atoms with Crippen LogP contribution in [0.4, 0.5) is 5.69 Å². The molecular weight excluding hydrogens is 275 g/mol. The number of hydrogen-bond donors (Lipinski definition) is 1. The van der Waals surface area contributed by atoms with Gasteiger partial charge in [0.15, 0.2) is 5.78 Å². The molecule has 0 aliphatic rings. The molecule has 1 aromatic carbocycles. The van der Waals surface area contributed by atoms with Gasteiger partial charge in [0.25, 0.3) is 0 Å². The standard InChI is InChI=1S/C11H10Cl2N4O/c1-17-5-7(15-16-17)4-10(18)6-2-8(12)11(14)9(13)3-6/h2-3,5H,4,14H2,1H3. The molecule has 0 fully saturated rings. The maximum absolute atomic E-state index is 12.0. The molecule has 2 aromatic rings. The molecule has 1 heterocycles. The van der Waals surface area contributed by atoms with Gasteiger partial charge >= 0.3 is 0 Å². The van der Waals surface area contributed by atoms with Crippen LogP contribution in [0.25, 0.3) is 0 Å². The molecule has 0 bridgehead atoms. The third kappa shape index (κ3) is 2.63. The van der Waals surface area contributed by atoms with Crippen molar-refractivity contribution >= 4 is 34.7 Å². The van der Waals surface area contributed by atoms with Crippen molar-refractivity contribution in [2.75, 3.05) is 5.73 Å². The minimum atomic E-state index is -0.140. The number of nitrogen functional groups attached to an aromatic ring is 1. The van der Waals surface area contributed by atoms with Gasteiger partial charge in [0.2, 0.25) is 0 Å². The number of aryl methyl sites for hydroxylation is 1. The third-order valence-corrected chi connectivity index (χ3v) is 3.02. The molecule has 0 atom stereocenters. The minimum Gasteiger partial charge on any atom is -0.396 e. The lowest BCUT2D eigenvalue weighted by atomic mass is 10.1. The Bertz CT molecular complexity index is 586. The molecule has 0 radical (unpaired) electrons. The molecule has 0 saturated carbocycles. The highest BCUT2D eigenvalue weighted by molar-refractivity contribution is 6.39. The van der Waals surface area contributed by atoms with Crippen molar-refractivity contribution in [2.45, 2.75) is 6.42 Å². The molecule has 0 aliphatic heterocycles. The number of carbonyl (C=O) groups excluding carboxylic acids is 1. The first-order chi connectivity index (χ1) is 8.47. The predicted molar refractivity (Wildman–Crippen MR) is 69.9 cm³/mol. The molecule has 2 rings (SSSR count). The SMILES string of the molecule is Cn1cc(CC(=O)c2cc(Cl)c(N)c(Cl)c2)nn1. The molecule has 7 heteroatoms. The topological polar surface area (TPSA) is 73.8 Å². The Labute approximate surface area is 113 Å². The lowest BCUT2D eigenvalue weighted by Gasteiger charge is -2.04. The Kier molecular flexibility index (Phi) is 3.54. The van der Waals surface area contributed by atoms with Crippen molar-refractivity contribution in [2.24, 2.45) is 7.05 Å². The van der Waals surface area contributed by atoms with Crippen LogP contribution in [-0.4, -0.2) is 20.8 Å². The van der Waals surface area contributed by atoms with Crippen molar-refractivity contribution in [3.05, 3.63) is 39.6 Å². The highest BCUT2D eigenvalue weighted by atomic mass is 35.5. The predicted octanol–water partition coefficient (Wildman–Crippen LogP) is 2.13. The Morgan fingerprint density at radius 1 is 1.39 bits per heavy atom. The van der Waals surface area contributed by atoms with E-state index >= 15 is 0 Å². The first-order valence-electron chi connectivity index (χ1n) is 5.10. The molecule has 1 aromatic heterocycles. The highest BCUT2D eigenvalue weighted by Gasteiger charge is 2.13. The summed E-state index contributed by atoms with van der Waals surface area (Å²) in [5.41, 5.74) is 6.88. The van der Waals surface area contributed by atoms with E-state index in [0.717, 1.165) is 0 Å². The number of nitrogens with zero attached hydrogens (tertiary/aromatic N) is 3. The van der Waals surface area contributed by atoms with Crippen molar-refractivity contribution in [1.82, 2.24) is 15.0 Å². The van der Waals surface area contributed by atoms with Gasteiger partial charge in [-0.15, -0.1) is 5.10 Å². The van der Waals surface area contributed by atoms with Crippen LogP contribution in [-0.2, 0) is 13.5 Å². The number of hydrogen-bond acceptors (Lipinski definition) is 4. The van der Waals surface area contributed by atoms with Gasteiger partial charge in [-0.3, -0.25) is 9.48 Å². The summed E-state index contributed by atoms with van der Waals surface area (Å²) in [4.78, 5) is 12.0. The van der Waals surface area contributed by atoms with Gasteiger partial charge in [-0.1, -0.05) is 28.4 Å². The zero-order valence-electron chi connectivity index (χ0n) is 9.52. The fourth-order valence-corrected chi connectivity index (χ4v) is 1.98. The minimum absolute atomic E-state index is 0.140. The van der Waals surface area contributed by atoms with Crippen LogP contribution in [0.5, 0.6) is 0 Å². The normalized spacial score (nSPS) is 10.6. The van der Waals surface area contributed by atoms with E-state index in [4.69, 9.17) is 28.9 Å². The number of halogens is 2. The average molecular weight is 285 g/mol. The second-order valence-corrected chi connectivity index (χ2v) is 4.65. The van der Waals surface area contributed by atoms with Crippen molar-refractivity contribution in [3.8, 4) is 0 Å². The summed E-state index contributed by atoms with van der Waals surface area (Å²) in [6, 6.07) is 3.00. The lowest BCUT2D eigenvalue weighted by molar-refractivity contribution is 0.0992. The number of Topliss-reactive ketones (excluding diaryl/α,β-unsaturated/α-hetero) is 1. The first kappa shape index (κ1) is 12.9. The Balaban J connectivity index is 2.24. The van der Waals surface area contributed by atoms with Gasteiger partial charge in [-0.05, 0) is 12.1 Å². The summed E-state index contributed by atoms with van der Waals surface area (Å²) in [6.45, 7) is 0. The molecule has 0 amide bonds. The lowest BCUT2D eigenvalue weighted by Crippen LogP contribution is -2.05. The summed E-state index contributed by atoms with van der Waals surface area (Å²) < 4.78 is 1.53. The molecule has 94 valence electrons. The van der Waals surface area contributed by atoms with E-state index < -0.39 is 0 Å². The van der Waals surface area contributed by atoms with E-state index in [1.54, 1.807) is 13.2 Å². The zero-order chi connectivity index (χ0) is 13.3. The number of anilines is 1. The fraction of sp³-hybridized carbons (Fsp3) is 0.182. The number of nitrogens with two attached hydrogens (primary N) is 1. The van der Waals surface area contributed by atoms with E-state index in [2.05, 4.69) is 10.3 Å².